The molecule has 1 saturated heterocycles. The number of nitrogens with zero attached hydrogens (tertiary/aromatic N) is 2. The smallest absolute Gasteiger partial charge is 0.231 e. The second-order valence-corrected chi connectivity index (χ2v) is 8.00. The lowest BCUT2D eigenvalue weighted by atomic mass is 10.0. The normalized spacial score (nSPS) is 16.4. The van der Waals surface area contributed by atoms with Gasteiger partial charge in [-0.3, -0.25) is 9.80 Å². The van der Waals surface area contributed by atoms with Crippen LogP contribution < -0.4 is 14.2 Å². The van der Waals surface area contributed by atoms with E-state index in [2.05, 4.69) is 58.2 Å². The first-order valence-electron chi connectivity index (χ1n) is 10.7. The molecule has 0 amide bonds. The van der Waals surface area contributed by atoms with Gasteiger partial charge in [0.25, 0.3) is 0 Å². The maximum atomic E-state index is 5.88. The van der Waals surface area contributed by atoms with Crippen molar-refractivity contribution in [3.63, 3.8) is 0 Å². The first-order chi connectivity index (χ1) is 15.3. The van der Waals surface area contributed by atoms with Gasteiger partial charge in [0.15, 0.2) is 11.5 Å². The summed E-state index contributed by atoms with van der Waals surface area (Å²) in [5, 5.41) is 2.46. The number of benzene rings is 3. The molecule has 0 aromatic heterocycles. The molecule has 31 heavy (non-hydrogen) atoms. The molecule has 0 spiro atoms. The van der Waals surface area contributed by atoms with Crippen LogP contribution in [0.2, 0.25) is 0 Å². The van der Waals surface area contributed by atoms with Gasteiger partial charge in [-0.2, -0.15) is 0 Å². The van der Waals surface area contributed by atoms with Crippen LogP contribution in [0, 0.1) is 12.3 Å². The number of terminal acetylenes is 1. The van der Waals surface area contributed by atoms with E-state index in [0.717, 1.165) is 56.5 Å². The van der Waals surface area contributed by atoms with Gasteiger partial charge in [-0.1, -0.05) is 42.3 Å². The topological polar surface area (TPSA) is 34.2 Å². The van der Waals surface area contributed by atoms with Gasteiger partial charge >= 0.3 is 0 Å². The van der Waals surface area contributed by atoms with E-state index < -0.39 is 0 Å². The van der Waals surface area contributed by atoms with Crippen LogP contribution in [0.3, 0.4) is 0 Å². The van der Waals surface area contributed by atoms with E-state index in [9.17, 15) is 0 Å². The lowest BCUT2D eigenvalue weighted by Crippen LogP contribution is -2.45. The number of hydrogen-bond acceptors (Lipinski definition) is 5. The van der Waals surface area contributed by atoms with E-state index in [4.69, 9.17) is 20.6 Å². The van der Waals surface area contributed by atoms with Crippen LogP contribution in [0.25, 0.3) is 10.8 Å². The van der Waals surface area contributed by atoms with Crippen molar-refractivity contribution in [1.29, 1.82) is 0 Å². The number of ether oxygens (including phenoxy) is 3. The van der Waals surface area contributed by atoms with E-state index in [1.54, 1.807) is 0 Å². The van der Waals surface area contributed by atoms with Crippen LogP contribution in [-0.4, -0.2) is 49.4 Å². The average Bonchev–Trinajstić information content (AvgIpc) is 3.28. The summed E-state index contributed by atoms with van der Waals surface area (Å²) in [4.78, 5) is 4.99. The van der Waals surface area contributed by atoms with Crippen LogP contribution in [0.1, 0.15) is 11.1 Å². The molecule has 0 unspecified atom stereocenters. The van der Waals surface area contributed by atoms with Gasteiger partial charge in [0, 0.05) is 44.8 Å². The first kappa shape index (κ1) is 19.7. The van der Waals surface area contributed by atoms with Crippen LogP contribution in [-0.2, 0) is 13.1 Å². The molecule has 1 fully saturated rings. The van der Waals surface area contributed by atoms with Crippen molar-refractivity contribution in [2.45, 2.75) is 13.1 Å². The molecule has 2 aliphatic heterocycles. The number of fused-ring (bicyclic) bond motifs is 2. The van der Waals surface area contributed by atoms with Crippen molar-refractivity contribution >= 4 is 10.8 Å². The Balaban J connectivity index is 1.25. The second-order valence-electron chi connectivity index (χ2n) is 8.00. The fraction of sp³-hybridized carbons (Fsp3) is 0.308. The quantitative estimate of drug-likeness (QED) is 0.572. The highest BCUT2D eigenvalue weighted by molar-refractivity contribution is 5.87. The Bertz CT molecular complexity index is 1110. The summed E-state index contributed by atoms with van der Waals surface area (Å²) in [5.41, 5.74) is 2.48. The monoisotopic (exact) mass is 414 g/mol. The zero-order valence-electron chi connectivity index (χ0n) is 17.5. The summed E-state index contributed by atoms with van der Waals surface area (Å²) in [6.07, 6.45) is 5.43. The van der Waals surface area contributed by atoms with E-state index in [-0.39, 0.29) is 6.61 Å². The molecule has 3 aromatic rings. The molecule has 0 aliphatic carbocycles. The van der Waals surface area contributed by atoms with Crippen molar-refractivity contribution in [3.8, 4) is 29.6 Å². The third-order valence-corrected chi connectivity index (χ3v) is 6.00. The van der Waals surface area contributed by atoms with Crippen molar-refractivity contribution in [2.75, 3.05) is 39.6 Å². The molecule has 0 atom stereocenters. The molecule has 158 valence electrons. The highest BCUT2D eigenvalue weighted by Crippen LogP contribution is 2.33. The summed E-state index contributed by atoms with van der Waals surface area (Å²) in [7, 11) is 0. The van der Waals surface area contributed by atoms with Crippen LogP contribution in [0.4, 0.5) is 0 Å². The largest absolute Gasteiger partial charge is 0.481 e. The molecule has 0 radical (unpaired) electrons. The minimum atomic E-state index is 0.286. The van der Waals surface area contributed by atoms with Crippen molar-refractivity contribution < 1.29 is 14.2 Å². The fourth-order valence-corrected chi connectivity index (χ4v) is 4.36. The first-order valence-corrected chi connectivity index (χ1v) is 10.7. The Hall–Kier alpha value is -3.20. The minimum absolute atomic E-state index is 0.286. The third kappa shape index (κ3) is 4.32. The zero-order valence-corrected chi connectivity index (χ0v) is 17.5. The summed E-state index contributed by atoms with van der Waals surface area (Å²) >= 11 is 0. The van der Waals surface area contributed by atoms with E-state index in [0.29, 0.717) is 6.79 Å². The van der Waals surface area contributed by atoms with Crippen molar-refractivity contribution in [1.82, 2.24) is 9.80 Å². The molecule has 3 aromatic carbocycles. The molecule has 0 N–H and O–H groups in total. The molecule has 2 heterocycles. The summed E-state index contributed by atoms with van der Waals surface area (Å²) < 4.78 is 16.8. The highest BCUT2D eigenvalue weighted by atomic mass is 16.7. The Labute approximate surface area is 183 Å². The molecule has 5 nitrogen and oxygen atoms in total. The predicted molar refractivity (Wildman–Crippen MR) is 121 cm³/mol. The van der Waals surface area contributed by atoms with Crippen molar-refractivity contribution in [3.05, 3.63) is 65.7 Å². The lowest BCUT2D eigenvalue weighted by molar-refractivity contribution is 0.121. The van der Waals surface area contributed by atoms with Gasteiger partial charge in [-0.05, 0) is 34.5 Å². The van der Waals surface area contributed by atoms with E-state index in [1.165, 1.54) is 21.9 Å². The summed E-state index contributed by atoms with van der Waals surface area (Å²) in [6, 6.07) is 18.9. The van der Waals surface area contributed by atoms with Crippen LogP contribution in [0.15, 0.2) is 54.6 Å². The van der Waals surface area contributed by atoms with Crippen LogP contribution in [0.5, 0.6) is 17.2 Å². The van der Waals surface area contributed by atoms with Gasteiger partial charge < -0.3 is 14.2 Å². The molecular formula is C26H26N2O3. The Morgan fingerprint density at radius 2 is 1.65 bits per heavy atom. The SMILES string of the molecule is C#CCOc1ccc2ccccc2c1CN1CCN(Cc2ccc3c(c2)OCO3)CC1. The van der Waals surface area contributed by atoms with Gasteiger partial charge in [0.05, 0.1) is 0 Å². The molecule has 5 rings (SSSR count). The zero-order chi connectivity index (χ0) is 21.0. The van der Waals surface area contributed by atoms with E-state index >= 15 is 0 Å². The maximum Gasteiger partial charge on any atom is 0.231 e. The fourth-order valence-electron chi connectivity index (χ4n) is 4.36. The van der Waals surface area contributed by atoms with Gasteiger partial charge in [0.1, 0.15) is 12.4 Å². The lowest BCUT2D eigenvalue weighted by Gasteiger charge is -2.35. The second kappa shape index (κ2) is 8.89. The molecule has 0 bridgehead atoms. The Morgan fingerprint density at radius 3 is 2.48 bits per heavy atom. The third-order valence-electron chi connectivity index (χ3n) is 6.00. The van der Waals surface area contributed by atoms with Gasteiger partial charge in [-0.15, -0.1) is 6.42 Å². The average molecular weight is 415 g/mol. The maximum absolute atomic E-state index is 5.88. The number of rotatable bonds is 6. The van der Waals surface area contributed by atoms with Gasteiger partial charge in [0.2, 0.25) is 6.79 Å². The summed E-state index contributed by atoms with van der Waals surface area (Å²) in [5.74, 6) is 5.16. The molecule has 2 aliphatic rings. The van der Waals surface area contributed by atoms with E-state index in [1.807, 2.05) is 12.1 Å². The molecule has 5 heteroatoms. The Morgan fingerprint density at radius 1 is 0.871 bits per heavy atom. The number of piperazine rings is 1. The summed E-state index contributed by atoms with van der Waals surface area (Å²) in [6.45, 7) is 6.48. The predicted octanol–water partition coefficient (Wildman–Crippen LogP) is 3.90. The molecular weight excluding hydrogens is 388 g/mol. The van der Waals surface area contributed by atoms with Crippen molar-refractivity contribution in [2.24, 2.45) is 0 Å². The standard InChI is InChI=1S/C26H26N2O3/c1-2-15-29-24-10-8-21-5-3-4-6-22(21)23(24)18-28-13-11-27(12-14-28)17-20-7-9-25-26(16-20)31-19-30-25/h1,3-10,16H,11-15,17-19H2. The Kier molecular flexibility index (Phi) is 5.66. The molecule has 0 saturated carbocycles. The van der Waals surface area contributed by atoms with Gasteiger partial charge in [-0.25, -0.2) is 0 Å². The van der Waals surface area contributed by atoms with Crippen LogP contribution >= 0.6 is 0 Å². The minimum Gasteiger partial charge on any atom is -0.481 e. The number of hydrogen-bond donors (Lipinski definition) is 0. The highest BCUT2D eigenvalue weighted by Gasteiger charge is 2.21.